The molecule has 20 rings (SSSR count). The third-order valence-electron chi connectivity index (χ3n) is 22.1. The van der Waals surface area contributed by atoms with E-state index in [0.717, 1.165) is 206 Å². The fourth-order valence-corrected chi connectivity index (χ4v) is 19.1. The number of nitrogens with two attached hydrogens (primary N) is 5. The molecular weight excluding hydrogens is 1670 g/mol. The highest BCUT2D eigenvalue weighted by Gasteiger charge is 2.32. The van der Waals surface area contributed by atoms with Gasteiger partial charge in [0.05, 0.1) is 85.3 Å². The van der Waals surface area contributed by atoms with Gasteiger partial charge in [-0.25, -0.2) is 33.7 Å². The number of ether oxygens (including phenoxy) is 1. The summed E-state index contributed by atoms with van der Waals surface area (Å²) in [7, 11) is 9.71. The Hall–Kier alpha value is -10.1. The van der Waals surface area contributed by atoms with Crippen LogP contribution in [0.3, 0.4) is 0 Å². The van der Waals surface area contributed by atoms with Gasteiger partial charge in [0.1, 0.15) is 23.6 Å². The standard InChI is InChI=1S/C16H18BrN5O.C16H18BrN5S.2C16H19FN6.C15H17BrN6/c2*1-21-6-5-10(9-21)11-8-19-22-15(18)13(17)14(20-16(11)22)12-4-2-3-7-23-12;2*1-22-9-11(7-19-22)12-8-20-23-15(18)13(17)14(21-16(12)23)10-5-3-2-4-6-10;1-21-5-3-10(8-21)11-7-19-22-14(17)12(16)13(20-15(11)22)9-2-4-18-6-9/h2*5-6,8-9,12H,2-4,7,18H2,1H3;2*7-10H,2-6,18H2,1H3;3,5,7-9,18H,2,4,6,17H2,1H3. The molecule has 3 saturated heterocycles. The summed E-state index contributed by atoms with van der Waals surface area (Å²) in [6.45, 7) is 2.74. The zero-order valence-corrected chi connectivity index (χ0v) is 69.6. The number of halogens is 5. The second-order valence-electron chi connectivity index (χ2n) is 30.0. The van der Waals surface area contributed by atoms with Gasteiger partial charge in [0, 0.05) is 177 Å². The predicted molar refractivity (Wildman–Crippen MR) is 451 cm³/mol. The first-order valence-electron chi connectivity index (χ1n) is 38.7. The number of rotatable bonds is 10. The van der Waals surface area contributed by atoms with Crippen molar-refractivity contribution in [2.75, 3.05) is 54.1 Å². The van der Waals surface area contributed by atoms with Crippen LogP contribution in [0, 0.1) is 11.6 Å². The lowest BCUT2D eigenvalue weighted by Crippen LogP contribution is -2.15. The van der Waals surface area contributed by atoms with Crippen LogP contribution in [-0.4, -0.2) is 132 Å². The molecule has 5 fully saturated rings. The Morgan fingerprint density at radius 3 is 1.14 bits per heavy atom. The SMILES string of the molecule is Cn1cc(-c2cnn3c(N)c(F)c(C4CCCCC4)nc23)cn1.Cn1cc(-c2cnn3c(N)c(F)c(C4CCCCC4)nc23)cn1.Cn1ccc(-c2cnn3c(N)c(Br)c(C4CCCCO4)nc23)c1.Cn1ccc(-c2cnn3c(N)c(Br)c(C4CCCCS4)nc23)c1.Cn1ccc(-c2cnn3c(N)c(Br)c(C4CCNC4)nc23)c1. The van der Waals surface area contributed by atoms with E-state index in [-0.39, 0.29) is 29.6 Å². The summed E-state index contributed by atoms with van der Waals surface area (Å²) in [4.78, 5) is 23.9. The fourth-order valence-electron chi connectivity index (χ4n) is 16.0. The molecule has 0 radical (unpaired) electrons. The molecule has 35 heteroatoms. The predicted octanol–water partition coefficient (Wildman–Crippen LogP) is 15.3. The molecule has 11 N–H and O–H groups in total. The van der Waals surface area contributed by atoms with Gasteiger partial charge in [-0.2, -0.15) is 70.0 Å². The van der Waals surface area contributed by atoms with Gasteiger partial charge >= 0.3 is 0 Å². The normalized spacial score (nSPS) is 17.6. The third kappa shape index (κ3) is 15.5. The summed E-state index contributed by atoms with van der Waals surface area (Å²) >= 11 is 12.8. The highest BCUT2D eigenvalue weighted by atomic mass is 79.9. The van der Waals surface area contributed by atoms with Crippen molar-refractivity contribution in [2.45, 2.75) is 138 Å². The number of thioether (sulfide) groups is 1. The smallest absolute Gasteiger partial charge is 0.187 e. The lowest BCUT2D eigenvalue weighted by molar-refractivity contribution is 0.0120. The maximum atomic E-state index is 14.7. The molecular formula is C79H91Br3F2N28OS. The van der Waals surface area contributed by atoms with Crippen molar-refractivity contribution in [3.63, 3.8) is 0 Å². The van der Waals surface area contributed by atoms with E-state index in [1.165, 1.54) is 40.5 Å². The van der Waals surface area contributed by atoms with Crippen molar-refractivity contribution < 1.29 is 13.5 Å². The number of anilines is 5. The van der Waals surface area contributed by atoms with Crippen LogP contribution in [0.4, 0.5) is 37.9 Å². The van der Waals surface area contributed by atoms with Crippen molar-refractivity contribution in [1.82, 2.24) is 112 Å². The Morgan fingerprint density at radius 2 is 0.772 bits per heavy atom. The summed E-state index contributed by atoms with van der Waals surface area (Å²) in [5, 5.41) is 33.8. The number of hydrogen-bond acceptors (Lipinski definition) is 20. The van der Waals surface area contributed by atoms with Crippen molar-refractivity contribution in [1.29, 1.82) is 0 Å². The molecule has 3 atom stereocenters. The van der Waals surface area contributed by atoms with Crippen LogP contribution in [0.2, 0.25) is 0 Å². The molecule has 594 valence electrons. The first-order chi connectivity index (χ1) is 55.2. The Morgan fingerprint density at radius 1 is 0.395 bits per heavy atom. The first kappa shape index (κ1) is 77.8. The van der Waals surface area contributed by atoms with Gasteiger partial charge in [0.15, 0.2) is 51.5 Å². The molecule has 2 saturated carbocycles. The van der Waals surface area contributed by atoms with Crippen molar-refractivity contribution in [2.24, 2.45) is 35.2 Å². The Kier molecular flexibility index (Phi) is 22.8. The van der Waals surface area contributed by atoms with E-state index < -0.39 is 11.6 Å². The number of nitrogen functional groups attached to an aromatic ring is 5. The minimum atomic E-state index is -0.426. The number of nitrogens with zero attached hydrogens (tertiary/aromatic N) is 22. The number of hydrogen-bond donors (Lipinski definition) is 6. The maximum Gasteiger partial charge on any atom is 0.187 e. The quantitative estimate of drug-likeness (QED) is 0.0740. The van der Waals surface area contributed by atoms with Gasteiger partial charge in [-0.3, -0.25) is 9.36 Å². The Balaban J connectivity index is 0.000000107. The van der Waals surface area contributed by atoms with E-state index in [9.17, 15) is 8.78 Å². The fraction of sp³-hybridized carbons (Fsp3) is 0.392. The molecule has 0 aromatic carbocycles. The van der Waals surface area contributed by atoms with Crippen LogP contribution >= 0.6 is 59.6 Å². The molecule has 0 spiro atoms. The van der Waals surface area contributed by atoms with Gasteiger partial charge in [0.25, 0.3) is 0 Å². The minimum Gasteiger partial charge on any atom is -0.383 e. The second kappa shape index (κ2) is 33.4. The Labute approximate surface area is 685 Å². The summed E-state index contributed by atoms with van der Waals surface area (Å²) in [5.41, 5.74) is 48.1. The molecule has 0 amide bonds. The number of aromatic nitrogens is 22. The van der Waals surface area contributed by atoms with E-state index in [1.54, 1.807) is 47.7 Å². The van der Waals surface area contributed by atoms with E-state index in [1.807, 2.05) is 123 Å². The molecule has 18 heterocycles. The van der Waals surface area contributed by atoms with E-state index in [2.05, 4.69) is 123 Å². The minimum absolute atomic E-state index is 0.0102. The molecule has 5 aliphatic rings. The first-order valence-corrected chi connectivity index (χ1v) is 42.1. The number of fused-ring (bicyclic) bond motifs is 5. The largest absolute Gasteiger partial charge is 0.383 e. The van der Waals surface area contributed by atoms with Gasteiger partial charge in [-0.05, 0) is 142 Å². The van der Waals surface area contributed by atoms with E-state index >= 15 is 0 Å². The van der Waals surface area contributed by atoms with Gasteiger partial charge in [-0.15, -0.1) is 0 Å². The number of aryl methyl sites for hydroxylation is 5. The molecule has 3 unspecified atom stereocenters. The molecule has 29 nitrogen and oxygen atoms in total. The van der Waals surface area contributed by atoms with Crippen molar-refractivity contribution in [3.05, 3.63) is 165 Å². The molecule has 0 bridgehead atoms. The maximum absolute atomic E-state index is 14.7. The van der Waals surface area contributed by atoms with Crippen molar-refractivity contribution >= 4 is 117 Å². The zero-order chi connectivity index (χ0) is 79.2. The van der Waals surface area contributed by atoms with Gasteiger partial charge < -0.3 is 52.4 Å². The summed E-state index contributed by atoms with van der Waals surface area (Å²) in [5.74, 6) is 2.87. The Bertz CT molecular complexity index is 5390. The van der Waals surface area contributed by atoms with Crippen LogP contribution in [0.25, 0.3) is 83.9 Å². The van der Waals surface area contributed by atoms with Crippen LogP contribution in [0.15, 0.2) is 125 Å². The van der Waals surface area contributed by atoms with Gasteiger partial charge in [-0.1, -0.05) is 44.9 Å². The molecule has 3 aliphatic heterocycles. The lowest BCUT2D eigenvalue weighted by atomic mass is 9.86. The lowest BCUT2D eigenvalue weighted by Gasteiger charge is -2.23. The van der Waals surface area contributed by atoms with Crippen molar-refractivity contribution in [3.8, 4) is 55.6 Å². The summed E-state index contributed by atoms with van der Waals surface area (Å²) in [6, 6.07) is 6.19. The molecule has 2 aliphatic carbocycles. The van der Waals surface area contributed by atoms with Crippen LogP contribution in [0.5, 0.6) is 0 Å². The van der Waals surface area contributed by atoms with Crippen LogP contribution in [0.1, 0.15) is 167 Å². The van der Waals surface area contributed by atoms with Crippen LogP contribution in [-0.2, 0) is 40.0 Å². The van der Waals surface area contributed by atoms with E-state index in [0.29, 0.717) is 51.3 Å². The summed E-state index contributed by atoms with van der Waals surface area (Å²) < 4.78 is 55.1. The zero-order valence-electron chi connectivity index (χ0n) is 64.1. The third-order valence-corrected chi connectivity index (χ3v) is 25.9. The second-order valence-corrected chi connectivity index (χ2v) is 33.7. The highest BCUT2D eigenvalue weighted by Crippen LogP contribution is 2.45. The molecule has 15 aromatic rings. The molecule has 15 aromatic heterocycles. The molecule has 114 heavy (non-hydrogen) atoms. The topological polar surface area (TPSA) is 353 Å². The van der Waals surface area contributed by atoms with Gasteiger partial charge in [0.2, 0.25) is 0 Å². The average Bonchev–Trinajstić information content (AvgIpc) is 1.61. The highest BCUT2D eigenvalue weighted by molar-refractivity contribution is 9.11. The van der Waals surface area contributed by atoms with Crippen LogP contribution < -0.4 is 34.0 Å². The van der Waals surface area contributed by atoms with E-state index in [4.69, 9.17) is 48.4 Å². The monoisotopic (exact) mass is 1750 g/mol. The number of nitrogens with one attached hydrogen (secondary N) is 1. The average molecular weight is 1760 g/mol. The summed E-state index contributed by atoms with van der Waals surface area (Å²) in [6.07, 6.45) is 47.1.